The van der Waals surface area contributed by atoms with Gasteiger partial charge in [-0.1, -0.05) is 5.16 Å². The second kappa shape index (κ2) is 4.56. The SMILES string of the molecule is NCC(CC(=O)O)c1cc(C(=O)O)no1. The molecule has 0 fully saturated rings. The molecule has 7 nitrogen and oxygen atoms in total. The van der Waals surface area contributed by atoms with Crippen LogP contribution in [0, 0.1) is 0 Å². The summed E-state index contributed by atoms with van der Waals surface area (Å²) in [5.41, 5.74) is 5.08. The van der Waals surface area contributed by atoms with Crippen molar-refractivity contribution < 1.29 is 24.3 Å². The summed E-state index contributed by atoms with van der Waals surface area (Å²) in [7, 11) is 0. The summed E-state index contributed by atoms with van der Waals surface area (Å²) in [6.45, 7) is 0.0561. The summed E-state index contributed by atoms with van der Waals surface area (Å²) in [4.78, 5) is 20.9. The maximum absolute atomic E-state index is 10.5. The molecular weight excluding hydrogens is 204 g/mol. The van der Waals surface area contributed by atoms with Gasteiger partial charge in [-0.2, -0.15) is 0 Å². The van der Waals surface area contributed by atoms with Gasteiger partial charge in [-0.3, -0.25) is 4.79 Å². The molecular formula is C8H10N2O5. The molecule has 7 heteroatoms. The third-order valence-corrected chi connectivity index (χ3v) is 1.86. The Kier molecular flexibility index (Phi) is 3.40. The van der Waals surface area contributed by atoms with Crippen LogP contribution < -0.4 is 5.73 Å². The smallest absolute Gasteiger partial charge is 0.358 e. The fourth-order valence-corrected chi connectivity index (χ4v) is 1.09. The van der Waals surface area contributed by atoms with Crippen LogP contribution in [-0.2, 0) is 4.79 Å². The molecule has 0 amide bonds. The van der Waals surface area contributed by atoms with Gasteiger partial charge in [-0.15, -0.1) is 0 Å². The van der Waals surface area contributed by atoms with Crippen molar-refractivity contribution in [3.05, 3.63) is 17.5 Å². The van der Waals surface area contributed by atoms with Gasteiger partial charge in [-0.05, 0) is 0 Å². The van der Waals surface area contributed by atoms with Gasteiger partial charge >= 0.3 is 11.9 Å². The normalized spacial score (nSPS) is 12.3. The van der Waals surface area contributed by atoms with E-state index in [1.54, 1.807) is 0 Å². The molecule has 1 rings (SSSR count). The second-order valence-corrected chi connectivity index (χ2v) is 2.95. The molecule has 1 aromatic rings. The monoisotopic (exact) mass is 214 g/mol. The number of aromatic carboxylic acids is 1. The van der Waals surface area contributed by atoms with E-state index in [4.69, 9.17) is 20.5 Å². The highest BCUT2D eigenvalue weighted by atomic mass is 16.5. The Morgan fingerprint density at radius 1 is 1.53 bits per heavy atom. The van der Waals surface area contributed by atoms with Crippen LogP contribution in [0.15, 0.2) is 10.6 Å². The first kappa shape index (κ1) is 11.2. The Labute approximate surface area is 84.5 Å². The number of nitrogens with zero attached hydrogens (tertiary/aromatic N) is 1. The van der Waals surface area contributed by atoms with Gasteiger partial charge in [0.2, 0.25) is 0 Å². The minimum Gasteiger partial charge on any atom is -0.481 e. The van der Waals surface area contributed by atoms with E-state index < -0.39 is 17.9 Å². The number of hydrogen-bond acceptors (Lipinski definition) is 5. The quantitative estimate of drug-likeness (QED) is 0.623. The highest BCUT2D eigenvalue weighted by molar-refractivity contribution is 5.85. The van der Waals surface area contributed by atoms with Crippen molar-refractivity contribution in [3.8, 4) is 0 Å². The maximum Gasteiger partial charge on any atom is 0.358 e. The van der Waals surface area contributed by atoms with E-state index in [1.807, 2.05) is 0 Å². The molecule has 0 bridgehead atoms. The van der Waals surface area contributed by atoms with Crippen LogP contribution in [0.1, 0.15) is 28.6 Å². The lowest BCUT2D eigenvalue weighted by molar-refractivity contribution is -0.137. The van der Waals surface area contributed by atoms with E-state index in [0.717, 1.165) is 0 Å². The molecule has 0 aliphatic carbocycles. The average Bonchev–Trinajstić information content (AvgIpc) is 2.62. The lowest BCUT2D eigenvalue weighted by Gasteiger charge is -2.06. The van der Waals surface area contributed by atoms with Crippen molar-refractivity contribution >= 4 is 11.9 Å². The van der Waals surface area contributed by atoms with Gasteiger partial charge in [0, 0.05) is 18.5 Å². The molecule has 0 spiro atoms. The summed E-state index contributed by atoms with van der Waals surface area (Å²) in [6.07, 6.45) is -0.218. The van der Waals surface area contributed by atoms with Crippen molar-refractivity contribution in [2.45, 2.75) is 12.3 Å². The first-order valence-corrected chi connectivity index (χ1v) is 4.16. The molecule has 4 N–H and O–H groups in total. The fourth-order valence-electron chi connectivity index (χ4n) is 1.09. The zero-order valence-electron chi connectivity index (χ0n) is 7.71. The van der Waals surface area contributed by atoms with Gasteiger partial charge in [0.15, 0.2) is 5.69 Å². The van der Waals surface area contributed by atoms with Crippen molar-refractivity contribution in [2.24, 2.45) is 5.73 Å². The Morgan fingerprint density at radius 2 is 2.20 bits per heavy atom. The van der Waals surface area contributed by atoms with Crippen molar-refractivity contribution in [2.75, 3.05) is 6.54 Å². The molecule has 1 aromatic heterocycles. The summed E-state index contributed by atoms with van der Waals surface area (Å²) in [5.74, 6) is -2.63. The number of aromatic nitrogens is 1. The minimum absolute atomic E-state index is 0.0561. The minimum atomic E-state index is -1.23. The second-order valence-electron chi connectivity index (χ2n) is 2.95. The zero-order chi connectivity index (χ0) is 11.4. The van der Waals surface area contributed by atoms with Crippen LogP contribution >= 0.6 is 0 Å². The van der Waals surface area contributed by atoms with E-state index in [1.165, 1.54) is 6.07 Å². The van der Waals surface area contributed by atoms with Gasteiger partial charge in [0.05, 0.1) is 6.42 Å². The Morgan fingerprint density at radius 3 is 2.60 bits per heavy atom. The van der Waals surface area contributed by atoms with E-state index >= 15 is 0 Å². The first-order chi connectivity index (χ1) is 7.04. The number of carbonyl (C=O) groups is 2. The van der Waals surface area contributed by atoms with Crippen LogP contribution in [0.5, 0.6) is 0 Å². The Bertz CT molecular complexity index is 373. The van der Waals surface area contributed by atoms with Crippen LogP contribution in [-0.4, -0.2) is 33.9 Å². The number of aliphatic carboxylic acids is 1. The van der Waals surface area contributed by atoms with Crippen LogP contribution in [0.25, 0.3) is 0 Å². The Balaban J connectivity index is 2.83. The molecule has 82 valence electrons. The van der Waals surface area contributed by atoms with Crippen LogP contribution in [0.2, 0.25) is 0 Å². The lowest BCUT2D eigenvalue weighted by atomic mass is 10.0. The van der Waals surface area contributed by atoms with Gasteiger partial charge < -0.3 is 20.5 Å². The predicted molar refractivity (Wildman–Crippen MR) is 47.5 cm³/mol. The molecule has 0 saturated heterocycles. The molecule has 1 unspecified atom stereocenters. The first-order valence-electron chi connectivity index (χ1n) is 4.16. The number of nitrogens with two attached hydrogens (primary N) is 1. The molecule has 15 heavy (non-hydrogen) atoms. The summed E-state index contributed by atoms with van der Waals surface area (Å²) >= 11 is 0. The van der Waals surface area contributed by atoms with E-state index in [2.05, 4.69) is 5.16 Å². The molecule has 0 aliphatic rings. The highest BCUT2D eigenvalue weighted by Crippen LogP contribution is 2.19. The van der Waals surface area contributed by atoms with Crippen LogP contribution in [0.4, 0.5) is 0 Å². The third-order valence-electron chi connectivity index (χ3n) is 1.86. The molecule has 0 saturated carbocycles. The molecule has 1 heterocycles. The highest BCUT2D eigenvalue weighted by Gasteiger charge is 2.20. The number of carboxylic acid groups (broad SMARTS) is 2. The number of hydrogen-bond donors (Lipinski definition) is 3. The lowest BCUT2D eigenvalue weighted by Crippen LogP contribution is -2.15. The Hall–Kier alpha value is -1.89. The summed E-state index contributed by atoms with van der Waals surface area (Å²) < 4.78 is 4.71. The van der Waals surface area contributed by atoms with Gasteiger partial charge in [-0.25, -0.2) is 4.79 Å². The maximum atomic E-state index is 10.5. The van der Waals surface area contributed by atoms with E-state index in [0.29, 0.717) is 0 Å². The molecule has 1 atom stereocenters. The topological polar surface area (TPSA) is 127 Å². The fraction of sp³-hybridized carbons (Fsp3) is 0.375. The van der Waals surface area contributed by atoms with Crippen molar-refractivity contribution in [1.82, 2.24) is 5.16 Å². The molecule has 0 aromatic carbocycles. The van der Waals surface area contributed by atoms with Crippen molar-refractivity contribution in [1.29, 1.82) is 0 Å². The number of carboxylic acids is 2. The number of rotatable bonds is 5. The molecule has 0 aliphatic heterocycles. The summed E-state index contributed by atoms with van der Waals surface area (Å²) in [6, 6.07) is 1.18. The predicted octanol–water partition coefficient (Wildman–Crippen LogP) is -0.110. The van der Waals surface area contributed by atoms with E-state index in [9.17, 15) is 9.59 Å². The largest absolute Gasteiger partial charge is 0.481 e. The third kappa shape index (κ3) is 2.78. The average molecular weight is 214 g/mol. The van der Waals surface area contributed by atoms with Crippen LogP contribution in [0.3, 0.4) is 0 Å². The standard InChI is InChI=1S/C8H10N2O5/c9-3-4(1-7(11)12)6-2-5(8(13)14)10-15-6/h2,4H,1,3,9H2,(H,11,12)(H,13,14). The van der Waals surface area contributed by atoms with Gasteiger partial charge in [0.25, 0.3) is 0 Å². The summed E-state index contributed by atoms with van der Waals surface area (Å²) in [5, 5.41) is 20.4. The van der Waals surface area contributed by atoms with E-state index in [-0.39, 0.29) is 24.4 Å². The van der Waals surface area contributed by atoms with Crippen molar-refractivity contribution in [3.63, 3.8) is 0 Å². The molecule has 0 radical (unpaired) electrons. The van der Waals surface area contributed by atoms with Gasteiger partial charge in [0.1, 0.15) is 5.76 Å². The zero-order valence-corrected chi connectivity index (χ0v) is 7.71.